The van der Waals surface area contributed by atoms with Gasteiger partial charge in [0.2, 0.25) is 0 Å². The predicted octanol–water partition coefficient (Wildman–Crippen LogP) is -0.210. The highest BCUT2D eigenvalue weighted by atomic mass is 19.4. The molecule has 3 atom stereocenters. The number of amides is 1. The van der Waals surface area contributed by atoms with Gasteiger partial charge in [-0.3, -0.25) is 4.79 Å². The second-order valence-electron chi connectivity index (χ2n) is 5.46. The highest BCUT2D eigenvalue weighted by Gasteiger charge is 2.57. The number of nitrogens with zero attached hydrogens (tertiary/aromatic N) is 2. The summed E-state index contributed by atoms with van der Waals surface area (Å²) in [6, 6.07) is -0.456. The Labute approximate surface area is 110 Å². The van der Waals surface area contributed by atoms with E-state index < -0.39 is 29.8 Å². The summed E-state index contributed by atoms with van der Waals surface area (Å²) >= 11 is 0. The number of β-amino-alcohol motifs (C(OH)–C–C–N with tert-alkyl or cyclic N) is 1. The third kappa shape index (κ3) is 3.37. The standard InChI is InChI=1S/C11H20F3N3O2/c1-10(15,11(12,13)14)9(19)17-6-8(18)4-7(17)5-16(2)3/h7-8,18H,4-6,15H2,1-3H3. The molecule has 0 aromatic heterocycles. The van der Waals surface area contributed by atoms with Crippen molar-refractivity contribution in [1.29, 1.82) is 0 Å². The van der Waals surface area contributed by atoms with E-state index in [-0.39, 0.29) is 13.0 Å². The number of aliphatic hydroxyl groups is 1. The Hall–Kier alpha value is -0.860. The fourth-order valence-electron chi connectivity index (χ4n) is 2.15. The van der Waals surface area contributed by atoms with E-state index in [0.29, 0.717) is 13.5 Å². The molecule has 3 N–H and O–H groups in total. The Morgan fingerprint density at radius 1 is 1.47 bits per heavy atom. The van der Waals surface area contributed by atoms with Crippen LogP contribution in [0.3, 0.4) is 0 Å². The fourth-order valence-corrected chi connectivity index (χ4v) is 2.15. The topological polar surface area (TPSA) is 69.8 Å². The van der Waals surface area contributed by atoms with Crippen molar-refractivity contribution >= 4 is 5.91 Å². The zero-order valence-corrected chi connectivity index (χ0v) is 11.2. The van der Waals surface area contributed by atoms with E-state index in [2.05, 4.69) is 0 Å². The van der Waals surface area contributed by atoms with E-state index in [1.165, 1.54) is 0 Å². The van der Waals surface area contributed by atoms with Crippen LogP contribution in [0, 0.1) is 0 Å². The third-order valence-corrected chi connectivity index (χ3v) is 3.26. The van der Waals surface area contributed by atoms with Crippen LogP contribution in [0.5, 0.6) is 0 Å². The molecule has 1 heterocycles. The van der Waals surface area contributed by atoms with Crippen molar-refractivity contribution in [2.75, 3.05) is 27.2 Å². The summed E-state index contributed by atoms with van der Waals surface area (Å²) in [7, 11) is 3.50. The number of hydrogen-bond acceptors (Lipinski definition) is 4. The third-order valence-electron chi connectivity index (χ3n) is 3.26. The molecule has 0 aromatic carbocycles. The lowest BCUT2D eigenvalue weighted by Crippen LogP contribution is -2.63. The van der Waals surface area contributed by atoms with Crippen molar-refractivity contribution in [3.63, 3.8) is 0 Å². The highest BCUT2D eigenvalue weighted by Crippen LogP contribution is 2.32. The maximum atomic E-state index is 12.8. The number of hydrogen-bond donors (Lipinski definition) is 2. The largest absolute Gasteiger partial charge is 0.415 e. The molecule has 8 heteroatoms. The first-order chi connectivity index (χ1) is 8.46. The van der Waals surface area contributed by atoms with Gasteiger partial charge >= 0.3 is 6.18 Å². The Morgan fingerprint density at radius 3 is 2.42 bits per heavy atom. The van der Waals surface area contributed by atoms with Gasteiger partial charge in [0.05, 0.1) is 6.10 Å². The van der Waals surface area contributed by atoms with Crippen LogP contribution < -0.4 is 5.73 Å². The number of carbonyl (C=O) groups is 1. The molecule has 0 aliphatic carbocycles. The number of likely N-dealkylation sites (N-methyl/N-ethyl adjacent to an activating group) is 1. The molecule has 0 aromatic rings. The molecule has 1 rings (SSSR count). The van der Waals surface area contributed by atoms with Crippen LogP contribution in [-0.4, -0.2) is 71.9 Å². The minimum absolute atomic E-state index is 0.111. The molecule has 1 fully saturated rings. The van der Waals surface area contributed by atoms with E-state index >= 15 is 0 Å². The number of aliphatic hydroxyl groups excluding tert-OH is 1. The molecule has 3 unspecified atom stereocenters. The van der Waals surface area contributed by atoms with Crippen LogP contribution >= 0.6 is 0 Å². The van der Waals surface area contributed by atoms with E-state index in [9.17, 15) is 23.1 Å². The average molecular weight is 283 g/mol. The van der Waals surface area contributed by atoms with E-state index in [0.717, 1.165) is 4.90 Å². The lowest BCUT2D eigenvalue weighted by molar-refractivity contribution is -0.194. The van der Waals surface area contributed by atoms with Gasteiger partial charge in [-0.25, -0.2) is 0 Å². The zero-order chi connectivity index (χ0) is 15.0. The number of alkyl halides is 3. The van der Waals surface area contributed by atoms with Gasteiger partial charge in [-0.1, -0.05) is 0 Å². The first kappa shape index (κ1) is 16.2. The van der Waals surface area contributed by atoms with Gasteiger partial charge in [-0.2, -0.15) is 13.2 Å². The summed E-state index contributed by atoms with van der Waals surface area (Å²) in [4.78, 5) is 14.8. The lowest BCUT2D eigenvalue weighted by Gasteiger charge is -2.34. The van der Waals surface area contributed by atoms with Crippen LogP contribution in [0.4, 0.5) is 13.2 Å². The molecule has 0 saturated carbocycles. The summed E-state index contributed by atoms with van der Waals surface area (Å²) in [5, 5.41) is 9.57. The smallest absolute Gasteiger partial charge is 0.391 e. The van der Waals surface area contributed by atoms with Crippen LogP contribution in [0.25, 0.3) is 0 Å². The van der Waals surface area contributed by atoms with Crippen molar-refractivity contribution in [3.05, 3.63) is 0 Å². The highest BCUT2D eigenvalue weighted by molar-refractivity contribution is 5.87. The van der Waals surface area contributed by atoms with Crippen molar-refractivity contribution in [1.82, 2.24) is 9.80 Å². The summed E-state index contributed by atoms with van der Waals surface area (Å²) in [5.74, 6) is -1.19. The Kier molecular flexibility index (Phi) is 4.48. The van der Waals surface area contributed by atoms with Crippen LogP contribution in [0.2, 0.25) is 0 Å². The maximum Gasteiger partial charge on any atom is 0.415 e. The molecular formula is C11H20F3N3O2. The van der Waals surface area contributed by atoms with Gasteiger partial charge < -0.3 is 20.6 Å². The lowest BCUT2D eigenvalue weighted by atomic mass is 10.0. The average Bonchev–Trinajstić information content (AvgIpc) is 2.55. The van der Waals surface area contributed by atoms with E-state index in [1.54, 1.807) is 19.0 Å². The number of carbonyl (C=O) groups excluding carboxylic acids is 1. The van der Waals surface area contributed by atoms with E-state index in [4.69, 9.17) is 5.73 Å². The van der Waals surface area contributed by atoms with Crippen molar-refractivity contribution < 1.29 is 23.1 Å². The first-order valence-electron chi connectivity index (χ1n) is 5.96. The number of nitrogens with two attached hydrogens (primary N) is 1. The Balaban J connectivity index is 2.91. The maximum absolute atomic E-state index is 12.8. The van der Waals surface area contributed by atoms with Gasteiger partial charge in [0.25, 0.3) is 5.91 Å². The second-order valence-corrected chi connectivity index (χ2v) is 5.46. The van der Waals surface area contributed by atoms with Crippen LogP contribution in [0.1, 0.15) is 13.3 Å². The fraction of sp³-hybridized carbons (Fsp3) is 0.909. The SMILES string of the molecule is CN(C)CC1CC(O)CN1C(=O)C(C)(N)C(F)(F)F. The Bertz CT molecular complexity index is 345. The summed E-state index contributed by atoms with van der Waals surface area (Å²) < 4.78 is 38.3. The van der Waals surface area contributed by atoms with Crippen molar-refractivity contribution in [2.24, 2.45) is 5.73 Å². The molecule has 1 aliphatic heterocycles. The molecule has 1 aliphatic rings. The molecular weight excluding hydrogens is 263 g/mol. The zero-order valence-electron chi connectivity index (χ0n) is 11.2. The number of likely N-dealkylation sites (tertiary alicyclic amines) is 1. The second kappa shape index (κ2) is 5.26. The van der Waals surface area contributed by atoms with Gasteiger partial charge in [-0.15, -0.1) is 0 Å². The molecule has 5 nitrogen and oxygen atoms in total. The monoisotopic (exact) mass is 283 g/mol. The molecule has 112 valence electrons. The summed E-state index contributed by atoms with van der Waals surface area (Å²) in [6.45, 7) is 0.934. The van der Waals surface area contributed by atoms with Crippen LogP contribution in [-0.2, 0) is 4.79 Å². The minimum atomic E-state index is -4.82. The molecule has 1 amide bonds. The van der Waals surface area contributed by atoms with Crippen LogP contribution in [0.15, 0.2) is 0 Å². The normalized spacial score (nSPS) is 27.7. The molecule has 0 radical (unpaired) electrons. The number of rotatable bonds is 3. The molecule has 1 saturated heterocycles. The first-order valence-corrected chi connectivity index (χ1v) is 5.96. The van der Waals surface area contributed by atoms with Crippen molar-refractivity contribution in [3.8, 4) is 0 Å². The number of halogens is 3. The van der Waals surface area contributed by atoms with Gasteiger partial charge in [0.15, 0.2) is 5.54 Å². The van der Waals surface area contributed by atoms with Gasteiger partial charge in [0.1, 0.15) is 0 Å². The molecule has 0 bridgehead atoms. The molecule has 19 heavy (non-hydrogen) atoms. The summed E-state index contributed by atoms with van der Waals surface area (Å²) in [5.41, 5.74) is 2.22. The Morgan fingerprint density at radius 2 is 2.00 bits per heavy atom. The summed E-state index contributed by atoms with van der Waals surface area (Å²) in [6.07, 6.45) is -5.36. The quantitative estimate of drug-likeness (QED) is 0.752. The van der Waals surface area contributed by atoms with Gasteiger partial charge in [0, 0.05) is 19.1 Å². The van der Waals surface area contributed by atoms with E-state index in [1.807, 2.05) is 0 Å². The minimum Gasteiger partial charge on any atom is -0.391 e. The molecule has 0 spiro atoms. The van der Waals surface area contributed by atoms with Gasteiger partial charge in [-0.05, 0) is 27.4 Å². The predicted molar refractivity (Wildman–Crippen MR) is 63.3 cm³/mol. The van der Waals surface area contributed by atoms with Crippen molar-refractivity contribution in [2.45, 2.75) is 37.2 Å².